The highest BCUT2D eigenvalue weighted by molar-refractivity contribution is 7.89. The molecule has 0 spiro atoms. The highest BCUT2D eigenvalue weighted by Gasteiger charge is 2.23. The number of hydrogen-bond donors (Lipinski definition) is 1. The Kier molecular flexibility index (Phi) is 4.79. The molecule has 1 aromatic heterocycles. The monoisotopic (exact) mass is 366 g/mol. The molecular formula is C15H15ClN4O3S. The van der Waals surface area contributed by atoms with Gasteiger partial charge in [-0.15, -0.1) is 0 Å². The van der Waals surface area contributed by atoms with Crippen LogP contribution in [0.1, 0.15) is 11.3 Å². The summed E-state index contributed by atoms with van der Waals surface area (Å²) in [5, 5.41) is 0.317. The summed E-state index contributed by atoms with van der Waals surface area (Å²) in [7, 11) is -3.78. The summed E-state index contributed by atoms with van der Waals surface area (Å²) < 4.78 is 26.7. The van der Waals surface area contributed by atoms with Crippen LogP contribution >= 0.6 is 11.6 Å². The number of sulfonamides is 1. The van der Waals surface area contributed by atoms with E-state index in [4.69, 9.17) is 11.6 Å². The van der Waals surface area contributed by atoms with Crippen LogP contribution in [0.2, 0.25) is 5.02 Å². The molecule has 0 bridgehead atoms. The highest BCUT2D eigenvalue weighted by Crippen LogP contribution is 2.17. The van der Waals surface area contributed by atoms with E-state index in [1.165, 1.54) is 18.5 Å². The van der Waals surface area contributed by atoms with Crippen molar-refractivity contribution in [2.24, 2.45) is 0 Å². The van der Waals surface area contributed by atoms with Crippen LogP contribution in [0.3, 0.4) is 0 Å². The number of hydrogen-bond acceptors (Lipinski definition) is 5. The molecule has 126 valence electrons. The lowest BCUT2D eigenvalue weighted by Gasteiger charge is -2.27. The minimum atomic E-state index is -3.78. The molecule has 2 aromatic rings. The minimum Gasteiger partial charge on any atom is -0.337 e. The maximum absolute atomic E-state index is 12.3. The summed E-state index contributed by atoms with van der Waals surface area (Å²) in [5.74, 6) is -0.296. The Morgan fingerprint density at radius 2 is 2.21 bits per heavy atom. The minimum absolute atomic E-state index is 0.0280. The van der Waals surface area contributed by atoms with Gasteiger partial charge in [0.1, 0.15) is 6.33 Å². The molecule has 3 rings (SSSR count). The standard InChI is InChI=1S/C15H15ClN4O3S/c16-12-2-1-3-13(6-12)24(22,23)19-8-15(21)20-5-4-14-11(9-20)7-17-10-18-14/h1-3,6-7,10,19H,4-5,8-9H2. The largest absolute Gasteiger partial charge is 0.337 e. The molecule has 0 aliphatic carbocycles. The van der Waals surface area contributed by atoms with Gasteiger partial charge in [-0.1, -0.05) is 17.7 Å². The van der Waals surface area contributed by atoms with E-state index in [2.05, 4.69) is 14.7 Å². The Hall–Kier alpha value is -2.03. The zero-order chi connectivity index (χ0) is 17.2. The topological polar surface area (TPSA) is 92.3 Å². The number of nitrogens with one attached hydrogen (secondary N) is 1. The molecule has 0 saturated carbocycles. The predicted octanol–water partition coefficient (Wildman–Crippen LogP) is 0.993. The van der Waals surface area contributed by atoms with Crippen LogP contribution in [0.5, 0.6) is 0 Å². The van der Waals surface area contributed by atoms with Crippen LogP contribution in [0.4, 0.5) is 0 Å². The Morgan fingerprint density at radius 3 is 3.00 bits per heavy atom. The zero-order valence-corrected chi connectivity index (χ0v) is 14.2. The molecule has 1 aliphatic heterocycles. The number of amides is 1. The lowest BCUT2D eigenvalue weighted by Crippen LogP contribution is -2.42. The van der Waals surface area contributed by atoms with Crippen molar-refractivity contribution in [2.75, 3.05) is 13.1 Å². The van der Waals surface area contributed by atoms with Gasteiger partial charge in [-0.25, -0.2) is 23.1 Å². The van der Waals surface area contributed by atoms with Gasteiger partial charge in [0.05, 0.1) is 17.1 Å². The van der Waals surface area contributed by atoms with E-state index in [9.17, 15) is 13.2 Å². The summed E-state index contributed by atoms with van der Waals surface area (Å²) in [6.07, 6.45) is 3.79. The van der Waals surface area contributed by atoms with Crippen molar-refractivity contribution in [3.05, 3.63) is 53.1 Å². The maximum atomic E-state index is 12.3. The first kappa shape index (κ1) is 16.8. The molecule has 0 radical (unpaired) electrons. The van der Waals surface area contributed by atoms with Gasteiger partial charge >= 0.3 is 0 Å². The van der Waals surface area contributed by atoms with Crippen molar-refractivity contribution >= 4 is 27.5 Å². The molecule has 1 amide bonds. The highest BCUT2D eigenvalue weighted by atomic mass is 35.5. The first-order valence-electron chi connectivity index (χ1n) is 7.26. The van der Waals surface area contributed by atoms with Gasteiger partial charge in [0.2, 0.25) is 15.9 Å². The lowest BCUT2D eigenvalue weighted by molar-refractivity contribution is -0.130. The van der Waals surface area contributed by atoms with Gasteiger partial charge < -0.3 is 4.90 Å². The van der Waals surface area contributed by atoms with Crippen molar-refractivity contribution in [3.63, 3.8) is 0 Å². The number of halogens is 1. The van der Waals surface area contributed by atoms with Crippen molar-refractivity contribution < 1.29 is 13.2 Å². The fraction of sp³-hybridized carbons (Fsp3) is 0.267. The summed E-state index contributed by atoms with van der Waals surface area (Å²) >= 11 is 5.80. The molecule has 1 aromatic carbocycles. The van der Waals surface area contributed by atoms with Crippen LogP contribution in [0.25, 0.3) is 0 Å². The van der Waals surface area contributed by atoms with Crippen molar-refractivity contribution in [1.82, 2.24) is 19.6 Å². The molecule has 0 fully saturated rings. The average Bonchev–Trinajstić information content (AvgIpc) is 2.59. The van der Waals surface area contributed by atoms with E-state index in [-0.39, 0.29) is 17.3 Å². The van der Waals surface area contributed by atoms with Gasteiger partial charge in [-0.05, 0) is 18.2 Å². The number of fused-ring (bicyclic) bond motifs is 1. The van der Waals surface area contributed by atoms with E-state index < -0.39 is 10.0 Å². The van der Waals surface area contributed by atoms with E-state index in [1.807, 2.05) is 0 Å². The number of carbonyl (C=O) groups excluding carboxylic acids is 1. The van der Waals surface area contributed by atoms with E-state index >= 15 is 0 Å². The van der Waals surface area contributed by atoms with Gasteiger partial charge in [0, 0.05) is 36.3 Å². The molecule has 0 saturated heterocycles. The summed E-state index contributed by atoms with van der Waals surface area (Å²) in [4.78, 5) is 22.0. The second kappa shape index (κ2) is 6.84. The first-order chi connectivity index (χ1) is 11.5. The number of aromatic nitrogens is 2. The predicted molar refractivity (Wildman–Crippen MR) is 87.8 cm³/mol. The van der Waals surface area contributed by atoms with Crippen molar-refractivity contribution in [2.45, 2.75) is 17.9 Å². The third kappa shape index (κ3) is 3.72. The van der Waals surface area contributed by atoms with Crippen LogP contribution < -0.4 is 4.72 Å². The molecule has 7 nitrogen and oxygen atoms in total. The van der Waals surface area contributed by atoms with Gasteiger partial charge in [0.25, 0.3) is 0 Å². The van der Waals surface area contributed by atoms with Gasteiger partial charge in [0.15, 0.2) is 0 Å². The number of carbonyl (C=O) groups is 1. The molecule has 2 heterocycles. The molecule has 0 atom stereocenters. The normalized spacial score (nSPS) is 14.3. The summed E-state index contributed by atoms with van der Waals surface area (Å²) in [5.41, 5.74) is 1.81. The quantitative estimate of drug-likeness (QED) is 0.871. The second-order valence-electron chi connectivity index (χ2n) is 5.34. The van der Waals surface area contributed by atoms with Crippen LogP contribution in [-0.2, 0) is 27.8 Å². The second-order valence-corrected chi connectivity index (χ2v) is 7.55. The van der Waals surface area contributed by atoms with Gasteiger partial charge in [-0.2, -0.15) is 0 Å². The zero-order valence-electron chi connectivity index (χ0n) is 12.6. The Morgan fingerprint density at radius 1 is 1.38 bits per heavy atom. The molecule has 9 heteroatoms. The van der Waals surface area contributed by atoms with E-state index in [0.717, 1.165) is 11.3 Å². The number of nitrogens with zero attached hydrogens (tertiary/aromatic N) is 3. The summed E-state index contributed by atoms with van der Waals surface area (Å²) in [6, 6.07) is 5.88. The molecule has 1 N–H and O–H groups in total. The Bertz CT molecular complexity index is 873. The fourth-order valence-corrected chi connectivity index (χ4v) is 3.74. The third-order valence-corrected chi connectivity index (χ3v) is 5.37. The Labute approximate surface area is 144 Å². The molecule has 24 heavy (non-hydrogen) atoms. The number of rotatable bonds is 4. The summed E-state index contributed by atoms with van der Waals surface area (Å²) in [6.45, 7) is 0.577. The van der Waals surface area contributed by atoms with E-state index in [1.54, 1.807) is 23.2 Å². The van der Waals surface area contributed by atoms with Crippen LogP contribution in [-0.4, -0.2) is 42.3 Å². The lowest BCUT2D eigenvalue weighted by atomic mass is 10.1. The Balaban J connectivity index is 1.64. The molecular weight excluding hydrogens is 352 g/mol. The number of benzene rings is 1. The average molecular weight is 367 g/mol. The smallest absolute Gasteiger partial charge is 0.241 e. The van der Waals surface area contributed by atoms with Crippen molar-refractivity contribution in [3.8, 4) is 0 Å². The van der Waals surface area contributed by atoms with Crippen molar-refractivity contribution in [1.29, 1.82) is 0 Å². The SMILES string of the molecule is O=C(CNS(=O)(=O)c1cccc(Cl)c1)N1CCc2ncncc2C1. The van der Waals surface area contributed by atoms with Crippen LogP contribution in [0.15, 0.2) is 41.7 Å². The van der Waals surface area contributed by atoms with E-state index in [0.29, 0.717) is 24.5 Å². The first-order valence-corrected chi connectivity index (χ1v) is 9.12. The van der Waals surface area contributed by atoms with Crippen LogP contribution in [0, 0.1) is 0 Å². The molecule has 0 unspecified atom stereocenters. The molecule has 1 aliphatic rings. The van der Waals surface area contributed by atoms with Gasteiger partial charge in [-0.3, -0.25) is 4.79 Å². The fourth-order valence-electron chi connectivity index (χ4n) is 2.47. The maximum Gasteiger partial charge on any atom is 0.241 e. The third-order valence-electron chi connectivity index (χ3n) is 3.73.